The highest BCUT2D eigenvalue weighted by atomic mass is 19.1. The first-order valence-electron chi connectivity index (χ1n) is 10.6. The second-order valence-electron chi connectivity index (χ2n) is 7.77. The fourth-order valence-electron chi connectivity index (χ4n) is 3.82. The lowest BCUT2D eigenvalue weighted by Gasteiger charge is -2.36. The van der Waals surface area contributed by atoms with Crippen LogP contribution in [-0.4, -0.2) is 56.3 Å². The monoisotopic (exact) mass is 414 g/mol. The van der Waals surface area contributed by atoms with Gasteiger partial charge in [-0.25, -0.2) is 4.39 Å². The predicted octanol–water partition coefficient (Wildman–Crippen LogP) is 3.68. The molecule has 0 saturated carbocycles. The number of piperidine rings is 1. The number of amides is 1. The molecular weight excluding hydrogens is 383 g/mol. The van der Waals surface area contributed by atoms with Crippen LogP contribution < -0.4 is 10.1 Å². The van der Waals surface area contributed by atoms with Crippen LogP contribution in [0.1, 0.15) is 35.7 Å². The van der Waals surface area contributed by atoms with Gasteiger partial charge in [-0.2, -0.15) is 0 Å². The molecule has 1 amide bonds. The molecule has 0 spiro atoms. The summed E-state index contributed by atoms with van der Waals surface area (Å²) in [6, 6.07) is 14.6. The molecule has 0 unspecified atom stereocenters. The lowest BCUT2D eigenvalue weighted by Crippen LogP contribution is -2.43. The minimum atomic E-state index is -0.131. The van der Waals surface area contributed by atoms with Gasteiger partial charge in [-0.3, -0.25) is 4.79 Å². The predicted molar refractivity (Wildman–Crippen MR) is 115 cm³/mol. The van der Waals surface area contributed by atoms with Crippen molar-refractivity contribution in [1.82, 2.24) is 10.2 Å². The van der Waals surface area contributed by atoms with Gasteiger partial charge in [-0.05, 0) is 56.0 Å². The molecular formula is C24H31FN2O3. The van der Waals surface area contributed by atoms with E-state index in [9.17, 15) is 9.18 Å². The van der Waals surface area contributed by atoms with Crippen molar-refractivity contribution in [2.24, 2.45) is 0 Å². The molecule has 6 heteroatoms. The number of nitrogens with one attached hydrogen (secondary N) is 1. The highest BCUT2D eigenvalue weighted by molar-refractivity contribution is 5.94. The van der Waals surface area contributed by atoms with Crippen molar-refractivity contribution in [2.45, 2.75) is 38.3 Å². The third kappa shape index (κ3) is 6.28. The maximum atomic E-state index is 13.9. The highest BCUT2D eigenvalue weighted by Gasteiger charge is 2.24. The van der Waals surface area contributed by atoms with E-state index in [1.807, 2.05) is 24.3 Å². The summed E-state index contributed by atoms with van der Waals surface area (Å²) in [5.74, 6) is 0.454. The second-order valence-corrected chi connectivity index (χ2v) is 7.77. The van der Waals surface area contributed by atoms with E-state index in [1.54, 1.807) is 25.3 Å². The smallest absolute Gasteiger partial charge is 0.251 e. The van der Waals surface area contributed by atoms with Gasteiger partial charge in [0.1, 0.15) is 17.7 Å². The number of benzene rings is 2. The minimum Gasteiger partial charge on any atom is -0.490 e. The van der Waals surface area contributed by atoms with Gasteiger partial charge in [0.2, 0.25) is 0 Å². The molecule has 1 aliphatic heterocycles. The Morgan fingerprint density at radius 1 is 1.20 bits per heavy atom. The van der Waals surface area contributed by atoms with Crippen molar-refractivity contribution in [3.05, 3.63) is 65.5 Å². The highest BCUT2D eigenvalue weighted by Crippen LogP contribution is 2.22. The molecule has 0 radical (unpaired) electrons. The normalized spacial score (nSPS) is 16.2. The molecule has 0 bridgehead atoms. The van der Waals surface area contributed by atoms with Crippen molar-refractivity contribution in [3.63, 3.8) is 0 Å². The van der Waals surface area contributed by atoms with Gasteiger partial charge in [0, 0.05) is 38.3 Å². The van der Waals surface area contributed by atoms with Crippen LogP contribution >= 0.6 is 0 Å². The number of halogens is 1. The first-order valence-corrected chi connectivity index (χ1v) is 10.6. The molecule has 162 valence electrons. The fourth-order valence-corrected chi connectivity index (χ4v) is 3.82. The van der Waals surface area contributed by atoms with Gasteiger partial charge in [0.25, 0.3) is 5.91 Å². The summed E-state index contributed by atoms with van der Waals surface area (Å²) in [6.07, 6.45) is 2.64. The van der Waals surface area contributed by atoms with Crippen LogP contribution in [0.15, 0.2) is 48.5 Å². The molecule has 2 aromatic rings. The lowest BCUT2D eigenvalue weighted by atomic mass is 10.0. The molecule has 1 atom stereocenters. The van der Waals surface area contributed by atoms with Crippen LogP contribution in [0.5, 0.6) is 5.75 Å². The van der Waals surface area contributed by atoms with E-state index in [0.717, 1.165) is 31.5 Å². The topological polar surface area (TPSA) is 50.8 Å². The number of hydrogen-bond acceptors (Lipinski definition) is 4. The lowest BCUT2D eigenvalue weighted by molar-refractivity contribution is 0.0793. The molecule has 5 nitrogen and oxygen atoms in total. The number of hydrogen-bond donors (Lipinski definition) is 1. The Labute approximate surface area is 178 Å². The van der Waals surface area contributed by atoms with E-state index >= 15 is 0 Å². The number of likely N-dealkylation sites (tertiary alicyclic amines) is 1. The van der Waals surface area contributed by atoms with E-state index in [-0.39, 0.29) is 23.9 Å². The fraction of sp³-hybridized carbons (Fsp3) is 0.458. The SMILES string of the molecule is COCCNC(=O)c1cccc(OC2CCN([C@@H](C)Cc3ccccc3F)CC2)c1. The Balaban J connectivity index is 1.48. The molecule has 3 rings (SSSR count). The zero-order valence-corrected chi connectivity index (χ0v) is 17.8. The molecule has 1 saturated heterocycles. The van der Waals surface area contributed by atoms with Crippen LogP contribution in [0.25, 0.3) is 0 Å². The molecule has 30 heavy (non-hydrogen) atoms. The molecule has 1 N–H and O–H groups in total. The van der Waals surface area contributed by atoms with Gasteiger partial charge in [0.05, 0.1) is 6.61 Å². The average molecular weight is 415 g/mol. The van der Waals surface area contributed by atoms with Gasteiger partial charge in [-0.1, -0.05) is 24.3 Å². The average Bonchev–Trinajstić information content (AvgIpc) is 2.76. The summed E-state index contributed by atoms with van der Waals surface area (Å²) in [4.78, 5) is 14.6. The van der Waals surface area contributed by atoms with Crippen LogP contribution in [-0.2, 0) is 11.2 Å². The van der Waals surface area contributed by atoms with E-state index in [1.165, 1.54) is 6.07 Å². The van der Waals surface area contributed by atoms with E-state index in [2.05, 4.69) is 17.1 Å². The van der Waals surface area contributed by atoms with Crippen LogP contribution in [0.2, 0.25) is 0 Å². The number of carbonyl (C=O) groups excluding carboxylic acids is 1. The zero-order valence-electron chi connectivity index (χ0n) is 17.8. The first kappa shape index (κ1) is 22.2. The summed E-state index contributed by atoms with van der Waals surface area (Å²) < 4.78 is 25.0. The number of methoxy groups -OCH3 is 1. The quantitative estimate of drug-likeness (QED) is 0.636. The summed E-state index contributed by atoms with van der Waals surface area (Å²) in [5, 5.41) is 2.82. The Kier molecular flexibility index (Phi) is 8.22. The summed E-state index contributed by atoms with van der Waals surface area (Å²) in [7, 11) is 1.60. The zero-order chi connectivity index (χ0) is 21.3. The molecule has 1 heterocycles. The summed E-state index contributed by atoms with van der Waals surface area (Å²) in [5.41, 5.74) is 1.35. The van der Waals surface area contributed by atoms with Gasteiger partial charge >= 0.3 is 0 Å². The standard InChI is InChI=1S/C24H31FN2O3/c1-18(16-19-6-3-4-9-23(19)25)27-13-10-21(11-14-27)30-22-8-5-7-20(17-22)24(28)26-12-15-29-2/h3-9,17-18,21H,10-16H2,1-2H3,(H,26,28)/t18-/m0/s1. The van der Waals surface area contributed by atoms with Crippen molar-refractivity contribution in [1.29, 1.82) is 0 Å². The van der Waals surface area contributed by atoms with Crippen LogP contribution in [0, 0.1) is 5.82 Å². The molecule has 1 fully saturated rings. The number of carbonyl (C=O) groups is 1. The Morgan fingerprint density at radius 3 is 2.70 bits per heavy atom. The van der Waals surface area contributed by atoms with Crippen molar-refractivity contribution in [2.75, 3.05) is 33.4 Å². The van der Waals surface area contributed by atoms with Crippen molar-refractivity contribution in [3.8, 4) is 5.75 Å². The van der Waals surface area contributed by atoms with E-state index in [0.29, 0.717) is 30.9 Å². The van der Waals surface area contributed by atoms with E-state index < -0.39 is 0 Å². The van der Waals surface area contributed by atoms with Crippen LogP contribution in [0.3, 0.4) is 0 Å². The molecule has 2 aromatic carbocycles. The van der Waals surface area contributed by atoms with Gasteiger partial charge < -0.3 is 19.7 Å². The summed E-state index contributed by atoms with van der Waals surface area (Å²) in [6.45, 7) is 4.94. The third-order valence-electron chi connectivity index (χ3n) is 5.56. The maximum Gasteiger partial charge on any atom is 0.251 e. The molecule has 0 aliphatic carbocycles. The largest absolute Gasteiger partial charge is 0.490 e. The molecule has 1 aliphatic rings. The third-order valence-corrected chi connectivity index (χ3v) is 5.56. The van der Waals surface area contributed by atoms with Gasteiger partial charge in [-0.15, -0.1) is 0 Å². The van der Waals surface area contributed by atoms with Crippen LogP contribution in [0.4, 0.5) is 4.39 Å². The minimum absolute atomic E-state index is 0.119. The molecule has 0 aromatic heterocycles. The second kappa shape index (κ2) is 11.1. The Hall–Kier alpha value is -2.44. The number of nitrogens with zero attached hydrogens (tertiary/aromatic N) is 1. The Morgan fingerprint density at radius 2 is 1.97 bits per heavy atom. The van der Waals surface area contributed by atoms with Crippen molar-refractivity contribution < 1.29 is 18.7 Å². The Bertz CT molecular complexity index is 822. The summed E-state index contributed by atoms with van der Waals surface area (Å²) >= 11 is 0. The number of ether oxygens (including phenoxy) is 2. The van der Waals surface area contributed by atoms with E-state index in [4.69, 9.17) is 9.47 Å². The van der Waals surface area contributed by atoms with Gasteiger partial charge in [0.15, 0.2) is 0 Å². The number of rotatable bonds is 9. The maximum absolute atomic E-state index is 13.9. The first-order chi connectivity index (χ1) is 14.6. The van der Waals surface area contributed by atoms with Crippen molar-refractivity contribution >= 4 is 5.91 Å².